The molecular weight excluding hydrogens is 150 g/mol. The Morgan fingerprint density at radius 1 is 1.25 bits per heavy atom. The molecule has 3 heteroatoms. The summed E-state index contributed by atoms with van der Waals surface area (Å²) >= 11 is 0. The van der Waals surface area contributed by atoms with Crippen molar-refractivity contribution in [3.63, 3.8) is 0 Å². The van der Waals surface area contributed by atoms with Crippen LogP contribution in [0.2, 0.25) is 0 Å². The lowest BCUT2D eigenvalue weighted by Crippen LogP contribution is -1.85. The summed E-state index contributed by atoms with van der Waals surface area (Å²) in [6.07, 6.45) is 3.53. The summed E-state index contributed by atoms with van der Waals surface area (Å²) in [7, 11) is 1.93. The lowest BCUT2D eigenvalue weighted by molar-refractivity contribution is 0.931. The predicted octanol–water partition coefficient (Wildman–Crippen LogP) is 1.99. The topological polar surface area (TPSA) is 30.7 Å². The first kappa shape index (κ1) is 8.71. The van der Waals surface area contributed by atoms with Gasteiger partial charge < -0.3 is 4.57 Å². The van der Waals surface area contributed by atoms with E-state index in [1.54, 1.807) is 12.5 Å². The molecule has 0 bridgehead atoms. The SMILES string of the molecule is CC.Cn1cnc2cccnc21. The van der Waals surface area contributed by atoms with Crippen LogP contribution in [-0.2, 0) is 7.05 Å². The number of rotatable bonds is 0. The Balaban J connectivity index is 0.000000336. The molecule has 0 atom stereocenters. The van der Waals surface area contributed by atoms with Crippen LogP contribution in [0.1, 0.15) is 13.8 Å². The molecule has 2 heterocycles. The Morgan fingerprint density at radius 2 is 2.00 bits per heavy atom. The molecule has 3 nitrogen and oxygen atoms in total. The fourth-order valence-electron chi connectivity index (χ4n) is 0.964. The molecule has 2 aromatic rings. The van der Waals surface area contributed by atoms with E-state index in [-0.39, 0.29) is 0 Å². The summed E-state index contributed by atoms with van der Waals surface area (Å²) in [5, 5.41) is 0. The van der Waals surface area contributed by atoms with Gasteiger partial charge in [0.2, 0.25) is 0 Å². The van der Waals surface area contributed by atoms with Crippen molar-refractivity contribution in [2.24, 2.45) is 7.05 Å². The summed E-state index contributed by atoms with van der Waals surface area (Å²) in [6, 6.07) is 3.83. The van der Waals surface area contributed by atoms with Crippen LogP contribution in [0, 0.1) is 0 Å². The number of aromatic nitrogens is 3. The number of fused-ring (bicyclic) bond motifs is 1. The van der Waals surface area contributed by atoms with Gasteiger partial charge in [-0.15, -0.1) is 0 Å². The van der Waals surface area contributed by atoms with E-state index >= 15 is 0 Å². The maximum absolute atomic E-state index is 4.14. The fourth-order valence-corrected chi connectivity index (χ4v) is 0.964. The number of hydrogen-bond acceptors (Lipinski definition) is 2. The van der Waals surface area contributed by atoms with Crippen LogP contribution in [0.25, 0.3) is 11.2 Å². The van der Waals surface area contributed by atoms with Gasteiger partial charge in [0.05, 0.1) is 6.33 Å². The number of aryl methyl sites for hydroxylation is 1. The minimum Gasteiger partial charge on any atom is -0.318 e. The third-order valence-electron chi connectivity index (χ3n) is 1.47. The number of nitrogens with zero attached hydrogens (tertiary/aromatic N) is 3. The van der Waals surface area contributed by atoms with Crippen molar-refractivity contribution in [3.05, 3.63) is 24.7 Å². The summed E-state index contributed by atoms with van der Waals surface area (Å²) in [4.78, 5) is 8.26. The average molecular weight is 163 g/mol. The highest BCUT2D eigenvalue weighted by Gasteiger charge is 1.95. The lowest BCUT2D eigenvalue weighted by atomic mass is 10.4. The summed E-state index contributed by atoms with van der Waals surface area (Å²) < 4.78 is 1.90. The van der Waals surface area contributed by atoms with Crippen molar-refractivity contribution < 1.29 is 0 Å². The largest absolute Gasteiger partial charge is 0.318 e. The molecule has 12 heavy (non-hydrogen) atoms. The van der Waals surface area contributed by atoms with Crippen molar-refractivity contribution in [2.45, 2.75) is 13.8 Å². The van der Waals surface area contributed by atoms with Crippen LogP contribution in [0.5, 0.6) is 0 Å². The maximum atomic E-state index is 4.14. The molecule has 2 rings (SSSR count). The van der Waals surface area contributed by atoms with Crippen molar-refractivity contribution in [1.29, 1.82) is 0 Å². The van der Waals surface area contributed by atoms with E-state index in [0.717, 1.165) is 11.2 Å². The molecule has 0 aromatic carbocycles. The van der Waals surface area contributed by atoms with Crippen molar-refractivity contribution in [2.75, 3.05) is 0 Å². The molecule has 2 aromatic heterocycles. The van der Waals surface area contributed by atoms with E-state index in [1.165, 1.54) is 0 Å². The maximum Gasteiger partial charge on any atom is 0.159 e. The van der Waals surface area contributed by atoms with Crippen molar-refractivity contribution in [3.8, 4) is 0 Å². The molecule has 0 unspecified atom stereocenters. The molecule has 0 amide bonds. The minimum atomic E-state index is 0.933. The van der Waals surface area contributed by atoms with Crippen LogP contribution in [0.15, 0.2) is 24.7 Å². The summed E-state index contributed by atoms with van der Waals surface area (Å²) in [6.45, 7) is 4.00. The molecule has 0 radical (unpaired) electrons. The molecule has 0 N–H and O–H groups in total. The van der Waals surface area contributed by atoms with Gasteiger partial charge in [-0.25, -0.2) is 9.97 Å². The van der Waals surface area contributed by atoms with Crippen molar-refractivity contribution in [1.82, 2.24) is 14.5 Å². The molecule has 0 aliphatic heterocycles. The Hall–Kier alpha value is -1.38. The van der Waals surface area contributed by atoms with Gasteiger partial charge in [0.15, 0.2) is 5.65 Å². The second kappa shape index (κ2) is 3.85. The van der Waals surface area contributed by atoms with Gasteiger partial charge in [0.1, 0.15) is 5.52 Å². The normalized spacial score (nSPS) is 9.25. The quantitative estimate of drug-likeness (QED) is 0.594. The Morgan fingerprint density at radius 3 is 2.67 bits per heavy atom. The smallest absolute Gasteiger partial charge is 0.159 e. The highest BCUT2D eigenvalue weighted by molar-refractivity contribution is 5.69. The molecular formula is C9H13N3. The first-order valence-electron chi connectivity index (χ1n) is 4.10. The number of imidazole rings is 1. The van der Waals surface area contributed by atoms with Gasteiger partial charge in [-0.2, -0.15) is 0 Å². The lowest BCUT2D eigenvalue weighted by Gasteiger charge is -1.88. The fraction of sp³-hybridized carbons (Fsp3) is 0.333. The van der Waals surface area contributed by atoms with Crippen LogP contribution in [0.3, 0.4) is 0 Å². The van der Waals surface area contributed by atoms with Gasteiger partial charge in [0.25, 0.3) is 0 Å². The predicted molar refractivity (Wildman–Crippen MR) is 49.9 cm³/mol. The molecule has 0 saturated heterocycles. The molecule has 0 spiro atoms. The van der Waals surface area contributed by atoms with Gasteiger partial charge in [-0.1, -0.05) is 13.8 Å². The standard InChI is InChI=1S/C7H7N3.C2H6/c1-10-5-9-6-3-2-4-8-7(6)10;1-2/h2-5H,1H3;1-2H3. The summed E-state index contributed by atoms with van der Waals surface area (Å²) in [5.74, 6) is 0. The van der Waals surface area contributed by atoms with E-state index in [1.807, 2.05) is 37.6 Å². The Labute approximate surface area is 72.1 Å². The highest BCUT2D eigenvalue weighted by Crippen LogP contribution is 2.05. The Bertz CT molecular complexity index is 351. The molecule has 0 fully saturated rings. The van der Waals surface area contributed by atoms with Crippen LogP contribution in [0.4, 0.5) is 0 Å². The Kier molecular flexibility index (Phi) is 2.80. The molecule has 0 saturated carbocycles. The first-order valence-corrected chi connectivity index (χ1v) is 4.10. The van der Waals surface area contributed by atoms with Crippen LogP contribution in [-0.4, -0.2) is 14.5 Å². The highest BCUT2D eigenvalue weighted by atomic mass is 15.1. The second-order valence-electron chi connectivity index (χ2n) is 2.20. The first-order chi connectivity index (χ1) is 5.88. The molecule has 0 aliphatic rings. The van der Waals surface area contributed by atoms with Crippen molar-refractivity contribution >= 4 is 11.2 Å². The molecule has 0 aliphatic carbocycles. The second-order valence-corrected chi connectivity index (χ2v) is 2.20. The summed E-state index contributed by atoms with van der Waals surface area (Å²) in [5.41, 5.74) is 1.88. The average Bonchev–Trinajstić information content (AvgIpc) is 2.53. The van der Waals surface area contributed by atoms with Gasteiger partial charge >= 0.3 is 0 Å². The van der Waals surface area contributed by atoms with Crippen LogP contribution >= 0.6 is 0 Å². The van der Waals surface area contributed by atoms with Gasteiger partial charge in [-0.05, 0) is 12.1 Å². The molecule has 64 valence electrons. The monoisotopic (exact) mass is 163 g/mol. The van der Waals surface area contributed by atoms with Gasteiger partial charge in [-0.3, -0.25) is 0 Å². The zero-order valence-corrected chi connectivity index (χ0v) is 7.65. The van der Waals surface area contributed by atoms with Gasteiger partial charge in [0, 0.05) is 13.2 Å². The number of pyridine rings is 1. The minimum absolute atomic E-state index is 0.933. The van der Waals surface area contributed by atoms with E-state index in [4.69, 9.17) is 0 Å². The van der Waals surface area contributed by atoms with E-state index in [9.17, 15) is 0 Å². The van der Waals surface area contributed by atoms with Crippen LogP contribution < -0.4 is 0 Å². The van der Waals surface area contributed by atoms with E-state index < -0.39 is 0 Å². The zero-order chi connectivity index (χ0) is 8.97. The third-order valence-corrected chi connectivity index (χ3v) is 1.47. The zero-order valence-electron chi connectivity index (χ0n) is 7.65. The third kappa shape index (κ3) is 1.44. The number of hydrogen-bond donors (Lipinski definition) is 0. The van der Waals surface area contributed by atoms with E-state index in [2.05, 4.69) is 9.97 Å². The van der Waals surface area contributed by atoms with E-state index in [0.29, 0.717) is 0 Å².